The van der Waals surface area contributed by atoms with Crippen molar-refractivity contribution in [2.24, 2.45) is 23.1 Å². The zero-order chi connectivity index (χ0) is 66.3. The van der Waals surface area contributed by atoms with Crippen LogP contribution in [0.2, 0.25) is 0 Å². The molecule has 0 spiro atoms. The number of benzene rings is 3. The van der Waals surface area contributed by atoms with E-state index in [2.05, 4.69) is 48.5 Å². The third kappa shape index (κ3) is 26.9. The molecule has 10 amide bonds. The molecule has 17 N–H and O–H groups in total. The maximum Gasteiger partial charge on any atom is 0.305 e. The number of unbranched alkanes of at least 4 members (excludes halogenated alkanes) is 1. The fraction of sp³-hybridized carbons (Fsp3) is 0.433. The number of carboxylic acid groups (broad SMARTS) is 3. The number of hydrogen-bond donors (Lipinski definition) is 14. The van der Waals surface area contributed by atoms with Crippen molar-refractivity contribution in [3.63, 3.8) is 0 Å². The molecule has 0 radical (unpaired) electrons. The van der Waals surface area contributed by atoms with Crippen molar-refractivity contribution >= 4 is 82.8 Å². The van der Waals surface area contributed by atoms with Gasteiger partial charge in [0, 0.05) is 37.8 Å². The maximum atomic E-state index is 14.7. The average Bonchev–Trinajstić information content (AvgIpc) is 3.68. The number of Topliss-reactive ketones (excluding diaryl/α,β-unsaturated/α-hetero) is 1. The molecule has 480 valence electrons. The molecule has 8 atom stereocenters. The van der Waals surface area contributed by atoms with E-state index in [-0.39, 0.29) is 73.8 Å². The molecule has 0 aromatic heterocycles. The first-order chi connectivity index (χ1) is 42.1. The summed E-state index contributed by atoms with van der Waals surface area (Å²) < 4.78 is 5.48. The Morgan fingerprint density at radius 1 is 0.539 bits per heavy atom. The molecule has 8 unspecified atom stereocenters. The van der Waals surface area contributed by atoms with Crippen LogP contribution >= 0.6 is 0 Å². The van der Waals surface area contributed by atoms with E-state index in [1.54, 1.807) is 74.5 Å². The summed E-state index contributed by atoms with van der Waals surface area (Å²) in [6.45, 7) is 4.83. The second kappa shape index (κ2) is 37.3. The minimum absolute atomic E-state index is 0.00793. The highest BCUT2D eigenvalue weighted by Crippen LogP contribution is 2.21. The first-order valence-electron chi connectivity index (χ1n) is 28.3. The molecule has 0 saturated heterocycles. The highest BCUT2D eigenvalue weighted by atomic mass is 16.5. The second-order valence-corrected chi connectivity index (χ2v) is 21.1. The van der Waals surface area contributed by atoms with E-state index in [1.165, 1.54) is 25.1 Å². The number of rotatable bonds is 40. The van der Waals surface area contributed by atoms with Gasteiger partial charge in [-0.25, -0.2) is 0 Å². The second-order valence-electron chi connectivity index (χ2n) is 21.1. The molecule has 89 heavy (non-hydrogen) atoms. The van der Waals surface area contributed by atoms with E-state index < -0.39 is 164 Å². The Balaban J connectivity index is 1.90. The Morgan fingerprint density at radius 3 is 1.49 bits per heavy atom. The van der Waals surface area contributed by atoms with Crippen LogP contribution in [-0.4, -0.2) is 160 Å². The topological polar surface area (TPSA) is 483 Å². The smallest absolute Gasteiger partial charge is 0.305 e. The number of nitrogens with two attached hydrogens (primary N) is 3. The standard InChI is InChI=1S/C60H77N11O18/c1-5-26-89-47-22-19-37(34(4)72)30-38(47)53(81)64-25-13-12-18-40(52(63)80)65-56(84)42(27-33(2)3)68-57(85)44(29-36-16-10-7-11-17-36)70-58(86)43(28-35-14-8-6-9-15-35)69-55(83)41(21-24-50(76)77)66-59(87)45(31-48(62)73)71-60(88)46(32-51(78)79)67-54(82)39(61)20-23-49(74)75/h1,6-11,14-17,19,22,30,33,39-46H,12-13,18,20-21,23-29,31-32,61H2,2-4H3,(H2,62,73)(H2,63,80)(H,64,81)(H,65,84)(H,66,87)(H,67,82)(H,68,85)(H,69,83)(H,70,86)(H,71,88)(H,74,75)(H,76,77)(H,78,79). The first-order valence-corrected chi connectivity index (χ1v) is 28.3. The van der Waals surface area contributed by atoms with Crippen molar-refractivity contribution in [1.29, 1.82) is 0 Å². The number of carboxylic acids is 3. The van der Waals surface area contributed by atoms with E-state index in [0.29, 0.717) is 17.5 Å². The zero-order valence-corrected chi connectivity index (χ0v) is 49.4. The number of carbonyl (C=O) groups is 14. The van der Waals surface area contributed by atoms with Crippen LogP contribution in [0.5, 0.6) is 5.75 Å². The van der Waals surface area contributed by atoms with Gasteiger partial charge in [0.05, 0.1) is 24.4 Å². The lowest BCUT2D eigenvalue weighted by Crippen LogP contribution is -2.61. The van der Waals surface area contributed by atoms with Gasteiger partial charge in [0.1, 0.15) is 54.6 Å². The first kappa shape index (κ1) is 73.0. The van der Waals surface area contributed by atoms with E-state index in [4.69, 9.17) is 33.5 Å². The Hall–Kier alpha value is -10.2. The lowest BCUT2D eigenvalue weighted by atomic mass is 9.99. The molecular weight excluding hydrogens is 1160 g/mol. The number of ether oxygens (including phenoxy) is 1. The molecule has 0 bridgehead atoms. The molecule has 3 rings (SSSR count). The van der Waals surface area contributed by atoms with Gasteiger partial charge in [-0.15, -0.1) is 6.42 Å². The third-order valence-corrected chi connectivity index (χ3v) is 13.3. The van der Waals surface area contributed by atoms with Gasteiger partial charge in [0.25, 0.3) is 5.91 Å². The number of carbonyl (C=O) groups excluding carboxylic acids is 11. The summed E-state index contributed by atoms with van der Waals surface area (Å²) in [4.78, 5) is 183. The van der Waals surface area contributed by atoms with Gasteiger partial charge in [-0.1, -0.05) is 80.4 Å². The molecule has 0 saturated carbocycles. The molecule has 0 aliphatic rings. The van der Waals surface area contributed by atoms with Gasteiger partial charge in [-0.05, 0) is 80.7 Å². The molecule has 3 aromatic carbocycles. The summed E-state index contributed by atoms with van der Waals surface area (Å²) in [5.41, 5.74) is 18.2. The van der Waals surface area contributed by atoms with Gasteiger partial charge < -0.3 is 79.8 Å². The van der Waals surface area contributed by atoms with E-state index >= 15 is 0 Å². The number of amides is 10. The summed E-state index contributed by atoms with van der Waals surface area (Å²) in [6.07, 6.45) is 0.870. The number of ketones is 1. The van der Waals surface area contributed by atoms with E-state index in [0.717, 1.165) is 0 Å². The van der Waals surface area contributed by atoms with Crippen molar-refractivity contribution in [1.82, 2.24) is 42.5 Å². The summed E-state index contributed by atoms with van der Waals surface area (Å²) in [5, 5.41) is 47.7. The van der Waals surface area contributed by atoms with Gasteiger partial charge in [0.2, 0.25) is 53.2 Å². The molecule has 0 aliphatic heterocycles. The van der Waals surface area contributed by atoms with Crippen LogP contribution in [0.15, 0.2) is 78.9 Å². The predicted molar refractivity (Wildman–Crippen MR) is 317 cm³/mol. The fourth-order valence-electron chi connectivity index (χ4n) is 8.70. The number of hydrogen-bond acceptors (Lipinski definition) is 16. The van der Waals surface area contributed by atoms with Crippen molar-refractivity contribution in [2.75, 3.05) is 13.2 Å². The molecule has 29 heteroatoms. The molecule has 0 fully saturated rings. The minimum atomic E-state index is -2.01. The fourth-order valence-corrected chi connectivity index (χ4v) is 8.70. The minimum Gasteiger partial charge on any atom is -0.481 e. The van der Waals surface area contributed by atoms with Gasteiger partial charge in [-0.2, -0.15) is 0 Å². The molecule has 0 heterocycles. The normalized spacial score (nSPS) is 13.5. The number of primary amides is 2. The highest BCUT2D eigenvalue weighted by Gasteiger charge is 2.36. The molecular formula is C60H77N11O18. The van der Waals surface area contributed by atoms with Crippen LogP contribution in [0.4, 0.5) is 0 Å². The van der Waals surface area contributed by atoms with E-state index in [9.17, 15) is 77.3 Å². The summed E-state index contributed by atoms with van der Waals surface area (Å²) >= 11 is 0. The van der Waals surface area contributed by atoms with Gasteiger partial charge in [0.15, 0.2) is 5.78 Å². The average molecular weight is 1240 g/mol. The summed E-state index contributed by atoms with van der Waals surface area (Å²) in [6, 6.07) is 7.73. The van der Waals surface area contributed by atoms with Crippen LogP contribution < -0.4 is 64.5 Å². The quantitative estimate of drug-likeness (QED) is 0.0177. The van der Waals surface area contributed by atoms with Crippen LogP contribution in [0.3, 0.4) is 0 Å². The zero-order valence-electron chi connectivity index (χ0n) is 49.4. The summed E-state index contributed by atoms with van der Waals surface area (Å²) in [7, 11) is 0. The Bertz CT molecular complexity index is 3060. The Labute approximate surface area is 512 Å². The monoisotopic (exact) mass is 1240 g/mol. The Morgan fingerprint density at radius 2 is 1.00 bits per heavy atom. The maximum absolute atomic E-state index is 14.7. The highest BCUT2D eigenvalue weighted by molar-refractivity contribution is 6.02. The van der Waals surface area contributed by atoms with Crippen molar-refractivity contribution in [3.05, 3.63) is 101 Å². The summed E-state index contributed by atoms with van der Waals surface area (Å²) in [5.74, 6) is -12.9. The number of aliphatic carboxylic acids is 3. The largest absolute Gasteiger partial charge is 0.481 e. The van der Waals surface area contributed by atoms with Gasteiger partial charge in [-0.3, -0.25) is 67.1 Å². The van der Waals surface area contributed by atoms with E-state index in [1.807, 2.05) is 0 Å². The predicted octanol–water partition coefficient (Wildman–Crippen LogP) is -1.38. The van der Waals surface area contributed by atoms with Crippen LogP contribution in [0.1, 0.15) is 117 Å². The SMILES string of the molecule is C#CCOc1ccc(C(C)=O)cc1C(=O)NCCCCC(NC(=O)C(CC(C)C)NC(=O)C(Cc1ccccc1)NC(=O)C(Cc1ccccc1)NC(=O)C(CCC(=O)O)NC(=O)C(CC(N)=O)NC(=O)C(CC(=O)O)NC(=O)C(N)CCC(=O)O)C(N)=O. The van der Waals surface area contributed by atoms with Gasteiger partial charge >= 0.3 is 17.9 Å². The lowest BCUT2D eigenvalue weighted by Gasteiger charge is -2.28. The number of terminal acetylenes is 1. The van der Waals surface area contributed by atoms with Crippen molar-refractivity contribution in [3.8, 4) is 18.1 Å². The lowest BCUT2D eigenvalue weighted by molar-refractivity contribution is -0.142. The van der Waals surface area contributed by atoms with Crippen LogP contribution in [0.25, 0.3) is 0 Å². The molecule has 0 aliphatic carbocycles. The van der Waals surface area contributed by atoms with Crippen LogP contribution in [-0.2, 0) is 70.4 Å². The van der Waals surface area contributed by atoms with Crippen molar-refractivity contribution in [2.45, 2.75) is 146 Å². The van der Waals surface area contributed by atoms with Crippen molar-refractivity contribution < 1.29 is 87.2 Å². The Kier molecular flexibility index (Phi) is 30.6. The third-order valence-electron chi connectivity index (χ3n) is 13.3. The number of nitrogens with one attached hydrogen (secondary N) is 8. The van der Waals surface area contributed by atoms with Crippen LogP contribution in [0, 0.1) is 18.3 Å². The molecule has 3 aromatic rings. The molecule has 29 nitrogen and oxygen atoms in total.